The minimum absolute atomic E-state index is 0.0113. The van der Waals surface area contributed by atoms with Gasteiger partial charge in [-0.15, -0.1) is 0 Å². The van der Waals surface area contributed by atoms with Crippen molar-refractivity contribution < 1.29 is 13.2 Å². The predicted octanol–water partition coefficient (Wildman–Crippen LogP) is 3.68. The summed E-state index contributed by atoms with van der Waals surface area (Å²) in [7, 11) is -3.71. The summed E-state index contributed by atoms with van der Waals surface area (Å²) in [5, 5.41) is 3.15. The molecule has 0 aromatic heterocycles. The molecule has 1 aliphatic rings. The fourth-order valence-electron chi connectivity index (χ4n) is 3.22. The molecular weight excluding hydrogens is 360 g/mol. The van der Waals surface area contributed by atoms with Crippen LogP contribution in [0.5, 0.6) is 0 Å². The minimum atomic E-state index is -3.71. The molecule has 1 aromatic carbocycles. The number of benzene rings is 1. The van der Waals surface area contributed by atoms with Crippen molar-refractivity contribution in [3.05, 3.63) is 28.8 Å². The number of rotatable bonds is 6. The van der Waals surface area contributed by atoms with Gasteiger partial charge in [-0.2, -0.15) is 4.31 Å². The number of hydrogen-bond donors (Lipinski definition) is 1. The summed E-state index contributed by atoms with van der Waals surface area (Å²) >= 11 is 6.11. The lowest BCUT2D eigenvalue weighted by molar-refractivity contribution is 0.0923. The standard InChI is InChI=1S/C18H27ClN2O3S/c1-4-21(5-2)25(23,24)17-12-14(8-11-16(17)19)18(22)20-15-9-6-13(3)7-10-15/h8,11-13,15H,4-7,9-10H2,1-3H3,(H,20,22). The van der Waals surface area contributed by atoms with Crippen LogP contribution in [0.2, 0.25) is 5.02 Å². The molecule has 1 N–H and O–H groups in total. The average molecular weight is 387 g/mol. The molecule has 0 radical (unpaired) electrons. The molecule has 1 saturated carbocycles. The highest BCUT2D eigenvalue weighted by molar-refractivity contribution is 7.89. The van der Waals surface area contributed by atoms with E-state index in [-0.39, 0.29) is 21.9 Å². The van der Waals surface area contributed by atoms with Crippen molar-refractivity contribution in [3.63, 3.8) is 0 Å². The Labute approximate surface area is 155 Å². The Balaban J connectivity index is 2.22. The summed E-state index contributed by atoms with van der Waals surface area (Å²) in [6.45, 7) is 6.48. The summed E-state index contributed by atoms with van der Waals surface area (Å²) in [6.07, 6.45) is 4.14. The number of hydrogen-bond acceptors (Lipinski definition) is 3. The monoisotopic (exact) mass is 386 g/mol. The van der Waals surface area contributed by atoms with Gasteiger partial charge in [-0.05, 0) is 49.8 Å². The number of sulfonamides is 1. The number of nitrogens with zero attached hydrogens (tertiary/aromatic N) is 1. The second-order valence-electron chi connectivity index (χ2n) is 6.66. The van der Waals surface area contributed by atoms with Gasteiger partial charge in [-0.3, -0.25) is 4.79 Å². The van der Waals surface area contributed by atoms with Crippen LogP contribution in [0, 0.1) is 5.92 Å². The van der Waals surface area contributed by atoms with Gasteiger partial charge in [-0.25, -0.2) is 8.42 Å². The second kappa shape index (κ2) is 8.52. The molecule has 0 saturated heterocycles. The SMILES string of the molecule is CCN(CC)S(=O)(=O)c1cc(C(=O)NC2CCC(C)CC2)ccc1Cl. The largest absolute Gasteiger partial charge is 0.349 e. The molecule has 0 spiro atoms. The first-order valence-corrected chi connectivity index (χ1v) is 10.7. The van der Waals surface area contributed by atoms with E-state index in [1.165, 1.54) is 16.4 Å². The first-order valence-electron chi connectivity index (χ1n) is 8.90. The Morgan fingerprint density at radius 2 is 1.80 bits per heavy atom. The van der Waals surface area contributed by atoms with Gasteiger partial charge in [0.1, 0.15) is 4.90 Å². The Morgan fingerprint density at radius 1 is 1.20 bits per heavy atom. The van der Waals surface area contributed by atoms with Crippen LogP contribution in [0.15, 0.2) is 23.1 Å². The number of carbonyl (C=O) groups excluding carboxylic acids is 1. The van der Waals surface area contributed by atoms with E-state index in [0.717, 1.165) is 25.7 Å². The summed E-state index contributed by atoms with van der Waals surface area (Å²) in [6, 6.07) is 4.60. The van der Waals surface area contributed by atoms with Crippen LogP contribution >= 0.6 is 11.6 Å². The molecule has 1 fully saturated rings. The van der Waals surface area contributed by atoms with E-state index in [9.17, 15) is 13.2 Å². The van der Waals surface area contributed by atoms with Crippen molar-refractivity contribution >= 4 is 27.5 Å². The zero-order chi connectivity index (χ0) is 18.6. The van der Waals surface area contributed by atoms with Crippen molar-refractivity contribution in [1.82, 2.24) is 9.62 Å². The van der Waals surface area contributed by atoms with Crippen LogP contribution in [0.4, 0.5) is 0 Å². The Kier molecular flexibility index (Phi) is 6.88. The topological polar surface area (TPSA) is 66.5 Å². The number of nitrogens with one attached hydrogen (secondary N) is 1. The molecule has 0 unspecified atom stereocenters. The maximum Gasteiger partial charge on any atom is 0.251 e. The van der Waals surface area contributed by atoms with Crippen LogP contribution in [0.3, 0.4) is 0 Å². The lowest BCUT2D eigenvalue weighted by Gasteiger charge is -2.27. The molecule has 25 heavy (non-hydrogen) atoms. The summed E-state index contributed by atoms with van der Waals surface area (Å²) in [5.74, 6) is 0.460. The van der Waals surface area contributed by atoms with Gasteiger partial charge < -0.3 is 5.32 Å². The van der Waals surface area contributed by atoms with E-state index in [4.69, 9.17) is 11.6 Å². The molecular formula is C18H27ClN2O3S. The van der Waals surface area contributed by atoms with Crippen molar-refractivity contribution in [2.24, 2.45) is 5.92 Å². The van der Waals surface area contributed by atoms with Gasteiger partial charge in [0.05, 0.1) is 5.02 Å². The van der Waals surface area contributed by atoms with Gasteiger partial charge in [0.25, 0.3) is 5.91 Å². The molecule has 2 rings (SSSR count). The second-order valence-corrected chi connectivity index (χ2v) is 8.98. The van der Waals surface area contributed by atoms with E-state index < -0.39 is 10.0 Å². The summed E-state index contributed by atoms with van der Waals surface area (Å²) in [5.41, 5.74) is 0.328. The molecule has 7 heteroatoms. The molecule has 1 amide bonds. The van der Waals surface area contributed by atoms with E-state index in [1.54, 1.807) is 19.9 Å². The maximum absolute atomic E-state index is 12.7. The third-order valence-electron chi connectivity index (χ3n) is 4.87. The van der Waals surface area contributed by atoms with Gasteiger partial charge in [0.15, 0.2) is 0 Å². The average Bonchev–Trinajstić information content (AvgIpc) is 2.58. The van der Waals surface area contributed by atoms with E-state index in [1.807, 2.05) is 0 Å². The van der Waals surface area contributed by atoms with Crippen molar-refractivity contribution in [3.8, 4) is 0 Å². The Hall–Kier alpha value is -1.11. The normalized spacial score (nSPS) is 21.3. The van der Waals surface area contributed by atoms with Gasteiger partial charge >= 0.3 is 0 Å². The molecule has 140 valence electrons. The summed E-state index contributed by atoms with van der Waals surface area (Å²) < 4.78 is 26.8. The third kappa shape index (κ3) is 4.74. The van der Waals surface area contributed by atoms with E-state index in [0.29, 0.717) is 24.6 Å². The first kappa shape index (κ1) is 20.2. The zero-order valence-corrected chi connectivity index (χ0v) is 16.7. The Bertz CT molecular complexity index is 709. The molecule has 0 aliphatic heterocycles. The van der Waals surface area contributed by atoms with Crippen LogP contribution in [-0.2, 0) is 10.0 Å². The van der Waals surface area contributed by atoms with Crippen LogP contribution in [-0.4, -0.2) is 37.8 Å². The lowest BCUT2D eigenvalue weighted by Crippen LogP contribution is -2.37. The Morgan fingerprint density at radius 3 is 2.36 bits per heavy atom. The van der Waals surface area contributed by atoms with Crippen LogP contribution in [0.1, 0.15) is 56.8 Å². The van der Waals surface area contributed by atoms with Crippen LogP contribution < -0.4 is 5.32 Å². The fraction of sp³-hybridized carbons (Fsp3) is 0.611. The third-order valence-corrected chi connectivity index (χ3v) is 7.40. The maximum atomic E-state index is 12.7. The molecule has 1 aromatic rings. The van der Waals surface area contributed by atoms with Crippen molar-refractivity contribution in [1.29, 1.82) is 0 Å². The first-order chi connectivity index (χ1) is 11.8. The number of halogens is 1. The lowest BCUT2D eigenvalue weighted by atomic mass is 9.87. The quantitative estimate of drug-likeness (QED) is 0.810. The van der Waals surface area contributed by atoms with Crippen molar-refractivity contribution in [2.75, 3.05) is 13.1 Å². The zero-order valence-electron chi connectivity index (χ0n) is 15.1. The molecule has 1 aliphatic carbocycles. The summed E-state index contributed by atoms with van der Waals surface area (Å²) in [4.78, 5) is 12.5. The molecule has 0 atom stereocenters. The highest BCUT2D eigenvalue weighted by Gasteiger charge is 2.26. The van der Waals surface area contributed by atoms with E-state index >= 15 is 0 Å². The number of carbonyl (C=O) groups is 1. The fourth-order valence-corrected chi connectivity index (χ4v) is 5.18. The minimum Gasteiger partial charge on any atom is -0.349 e. The highest BCUT2D eigenvalue weighted by Crippen LogP contribution is 2.27. The highest BCUT2D eigenvalue weighted by atomic mass is 35.5. The smallest absolute Gasteiger partial charge is 0.251 e. The van der Waals surface area contributed by atoms with Gasteiger partial charge in [-0.1, -0.05) is 32.4 Å². The molecule has 0 heterocycles. The number of amides is 1. The van der Waals surface area contributed by atoms with Crippen molar-refractivity contribution in [2.45, 2.75) is 57.4 Å². The predicted molar refractivity (Wildman–Crippen MR) is 100 cm³/mol. The van der Waals surface area contributed by atoms with Crippen LogP contribution in [0.25, 0.3) is 0 Å². The molecule has 0 bridgehead atoms. The van der Waals surface area contributed by atoms with E-state index in [2.05, 4.69) is 12.2 Å². The van der Waals surface area contributed by atoms with Gasteiger partial charge in [0.2, 0.25) is 10.0 Å². The molecule has 5 nitrogen and oxygen atoms in total. The van der Waals surface area contributed by atoms with Gasteiger partial charge in [0, 0.05) is 24.7 Å².